The summed E-state index contributed by atoms with van der Waals surface area (Å²) in [6.45, 7) is 7.11. The maximum atomic E-state index is 14.4. The normalized spacial score (nSPS) is 11.5. The van der Waals surface area contributed by atoms with Gasteiger partial charge in [-0.3, -0.25) is 4.79 Å². The van der Waals surface area contributed by atoms with Gasteiger partial charge in [-0.05, 0) is 57.4 Å². The highest BCUT2D eigenvalue weighted by atomic mass is 19.1. The third-order valence-electron chi connectivity index (χ3n) is 3.30. The lowest BCUT2D eigenvalue weighted by Gasteiger charge is -2.14. The molecular weight excluding hydrogens is 281 g/mol. The SMILES string of the molecule is CC#CC(=O)NC(C)c1ccc(-n2nc(C)cc2C)c(F)c1. The second-order valence-corrected chi connectivity index (χ2v) is 5.12. The first-order valence-corrected chi connectivity index (χ1v) is 6.98. The Bertz CT molecular complexity index is 768. The first-order chi connectivity index (χ1) is 10.4. The van der Waals surface area contributed by atoms with Crippen molar-refractivity contribution in [2.45, 2.75) is 33.7 Å². The Labute approximate surface area is 129 Å². The molecule has 1 unspecified atom stereocenters. The molecule has 2 rings (SSSR count). The number of rotatable bonds is 3. The van der Waals surface area contributed by atoms with Gasteiger partial charge in [0.05, 0.1) is 11.7 Å². The molecule has 0 aliphatic carbocycles. The molecule has 22 heavy (non-hydrogen) atoms. The summed E-state index contributed by atoms with van der Waals surface area (Å²) in [5.74, 6) is 4.17. The molecule has 5 heteroatoms. The minimum atomic E-state index is -0.383. The summed E-state index contributed by atoms with van der Waals surface area (Å²) in [5.41, 5.74) is 2.76. The molecule has 0 radical (unpaired) electrons. The fraction of sp³-hybridized carbons (Fsp3) is 0.294. The molecule has 2 aromatic rings. The van der Waals surface area contributed by atoms with Gasteiger partial charge >= 0.3 is 0 Å². The molecule has 114 valence electrons. The number of carbonyl (C=O) groups excluding carboxylic acids is 1. The third kappa shape index (κ3) is 3.34. The van der Waals surface area contributed by atoms with E-state index in [1.165, 1.54) is 6.07 Å². The van der Waals surface area contributed by atoms with Crippen LogP contribution in [0.15, 0.2) is 24.3 Å². The molecule has 1 heterocycles. The third-order valence-corrected chi connectivity index (χ3v) is 3.30. The highest BCUT2D eigenvalue weighted by Gasteiger charge is 2.13. The molecule has 0 saturated heterocycles. The molecule has 1 amide bonds. The van der Waals surface area contributed by atoms with Crippen molar-refractivity contribution in [3.63, 3.8) is 0 Å². The Balaban J connectivity index is 2.27. The molecule has 4 nitrogen and oxygen atoms in total. The standard InChI is InChI=1S/C17H18FN3O/c1-5-6-17(22)19-13(4)14-7-8-16(15(18)10-14)21-12(3)9-11(2)20-21/h7-10,13H,1-4H3,(H,19,22). The molecule has 1 aromatic heterocycles. The number of aryl methyl sites for hydroxylation is 2. The number of nitrogens with one attached hydrogen (secondary N) is 1. The maximum absolute atomic E-state index is 14.4. The number of amides is 1. The lowest BCUT2D eigenvalue weighted by molar-refractivity contribution is -0.116. The average Bonchev–Trinajstić information content (AvgIpc) is 2.77. The molecule has 0 saturated carbocycles. The zero-order valence-corrected chi connectivity index (χ0v) is 13.1. The topological polar surface area (TPSA) is 46.9 Å². The van der Waals surface area contributed by atoms with Gasteiger partial charge in [-0.1, -0.05) is 12.0 Å². The van der Waals surface area contributed by atoms with Crippen LogP contribution < -0.4 is 5.32 Å². The molecule has 1 atom stereocenters. The second-order valence-electron chi connectivity index (χ2n) is 5.12. The van der Waals surface area contributed by atoms with Crippen molar-refractivity contribution in [2.75, 3.05) is 0 Å². The first-order valence-electron chi connectivity index (χ1n) is 6.98. The van der Waals surface area contributed by atoms with Crippen LogP contribution in [0.25, 0.3) is 5.69 Å². The molecule has 1 N–H and O–H groups in total. The van der Waals surface area contributed by atoms with E-state index in [1.54, 1.807) is 30.7 Å². The number of halogens is 1. The van der Waals surface area contributed by atoms with Crippen molar-refractivity contribution >= 4 is 5.91 Å². The molecule has 0 aliphatic heterocycles. The number of carbonyl (C=O) groups is 1. The summed E-state index contributed by atoms with van der Waals surface area (Å²) in [6, 6.07) is 6.42. The monoisotopic (exact) mass is 299 g/mol. The summed E-state index contributed by atoms with van der Waals surface area (Å²) in [4.78, 5) is 11.5. The van der Waals surface area contributed by atoms with E-state index < -0.39 is 0 Å². The predicted octanol–water partition coefficient (Wildman–Crippen LogP) is 2.83. The molecule has 0 bridgehead atoms. The Kier molecular flexibility index (Phi) is 4.62. The van der Waals surface area contributed by atoms with E-state index in [1.807, 2.05) is 19.9 Å². The molecule has 0 fully saturated rings. The number of hydrogen-bond acceptors (Lipinski definition) is 2. The van der Waals surface area contributed by atoms with Crippen LogP contribution in [-0.2, 0) is 4.79 Å². The van der Waals surface area contributed by atoms with Gasteiger partial charge in [0.15, 0.2) is 0 Å². The summed E-state index contributed by atoms with van der Waals surface area (Å²) in [7, 11) is 0. The van der Waals surface area contributed by atoms with Crippen molar-refractivity contribution in [1.82, 2.24) is 15.1 Å². The number of hydrogen-bond donors (Lipinski definition) is 1. The lowest BCUT2D eigenvalue weighted by Crippen LogP contribution is -2.25. The molecule has 1 aromatic carbocycles. The van der Waals surface area contributed by atoms with Crippen LogP contribution in [0.2, 0.25) is 0 Å². The Morgan fingerprint density at radius 1 is 1.36 bits per heavy atom. The highest BCUT2D eigenvalue weighted by Crippen LogP contribution is 2.20. The van der Waals surface area contributed by atoms with Crippen LogP contribution >= 0.6 is 0 Å². The van der Waals surface area contributed by atoms with E-state index in [0.717, 1.165) is 11.4 Å². The lowest BCUT2D eigenvalue weighted by atomic mass is 10.1. The smallest absolute Gasteiger partial charge is 0.296 e. The van der Waals surface area contributed by atoms with E-state index in [0.29, 0.717) is 11.3 Å². The quantitative estimate of drug-likeness (QED) is 0.886. The van der Waals surface area contributed by atoms with Gasteiger partial charge in [0.25, 0.3) is 5.91 Å². The fourth-order valence-electron chi connectivity index (χ4n) is 2.27. The van der Waals surface area contributed by atoms with Gasteiger partial charge < -0.3 is 5.32 Å². The summed E-state index contributed by atoms with van der Waals surface area (Å²) in [6.07, 6.45) is 0. The molecular formula is C17H18FN3O. The van der Waals surface area contributed by atoms with Crippen LogP contribution in [0.5, 0.6) is 0 Å². The summed E-state index contributed by atoms with van der Waals surface area (Å²) < 4.78 is 15.9. The Morgan fingerprint density at radius 3 is 2.64 bits per heavy atom. The van der Waals surface area contributed by atoms with Gasteiger partial charge in [0, 0.05) is 5.69 Å². The van der Waals surface area contributed by atoms with Gasteiger partial charge in [-0.25, -0.2) is 9.07 Å². The van der Waals surface area contributed by atoms with Crippen LogP contribution in [0.1, 0.15) is 36.8 Å². The van der Waals surface area contributed by atoms with Crippen molar-refractivity contribution in [3.8, 4) is 17.5 Å². The van der Waals surface area contributed by atoms with Crippen LogP contribution in [0.3, 0.4) is 0 Å². The van der Waals surface area contributed by atoms with Gasteiger partial charge in [0.1, 0.15) is 11.5 Å². The predicted molar refractivity (Wildman–Crippen MR) is 83.0 cm³/mol. The van der Waals surface area contributed by atoms with Gasteiger partial charge in [-0.15, -0.1) is 0 Å². The van der Waals surface area contributed by atoms with E-state index in [2.05, 4.69) is 22.3 Å². The zero-order chi connectivity index (χ0) is 16.3. The maximum Gasteiger partial charge on any atom is 0.296 e. The van der Waals surface area contributed by atoms with Crippen molar-refractivity contribution < 1.29 is 9.18 Å². The van der Waals surface area contributed by atoms with Crippen molar-refractivity contribution in [2.24, 2.45) is 0 Å². The number of nitrogens with zero attached hydrogens (tertiary/aromatic N) is 2. The fourth-order valence-corrected chi connectivity index (χ4v) is 2.27. The Hall–Kier alpha value is -2.61. The minimum absolute atomic E-state index is 0.322. The van der Waals surface area contributed by atoms with Crippen LogP contribution in [-0.4, -0.2) is 15.7 Å². The number of aromatic nitrogens is 2. The molecule has 0 aliphatic rings. The van der Waals surface area contributed by atoms with E-state index in [9.17, 15) is 9.18 Å². The van der Waals surface area contributed by atoms with Crippen molar-refractivity contribution in [1.29, 1.82) is 0 Å². The second kappa shape index (κ2) is 6.44. The van der Waals surface area contributed by atoms with E-state index in [4.69, 9.17) is 0 Å². The highest BCUT2D eigenvalue weighted by molar-refractivity contribution is 5.93. The van der Waals surface area contributed by atoms with Crippen LogP contribution in [0, 0.1) is 31.5 Å². The van der Waals surface area contributed by atoms with E-state index >= 15 is 0 Å². The summed E-state index contributed by atoms with van der Waals surface area (Å²) in [5, 5.41) is 6.97. The van der Waals surface area contributed by atoms with Gasteiger partial charge in [-0.2, -0.15) is 5.10 Å². The summed E-state index contributed by atoms with van der Waals surface area (Å²) >= 11 is 0. The zero-order valence-electron chi connectivity index (χ0n) is 13.1. The number of benzene rings is 1. The van der Waals surface area contributed by atoms with Crippen molar-refractivity contribution in [3.05, 3.63) is 47.0 Å². The minimum Gasteiger partial charge on any atom is -0.339 e. The van der Waals surface area contributed by atoms with Crippen LogP contribution in [0.4, 0.5) is 4.39 Å². The Morgan fingerprint density at radius 2 is 2.09 bits per heavy atom. The first kappa shape index (κ1) is 15.8. The average molecular weight is 299 g/mol. The van der Waals surface area contributed by atoms with E-state index in [-0.39, 0.29) is 17.8 Å². The largest absolute Gasteiger partial charge is 0.339 e. The van der Waals surface area contributed by atoms with Gasteiger partial charge in [0.2, 0.25) is 0 Å². The molecule has 0 spiro atoms.